The molecule has 0 saturated heterocycles. The van der Waals surface area contributed by atoms with Crippen LogP contribution in [0.5, 0.6) is 11.5 Å². The number of para-hydroxylation sites is 1. The van der Waals surface area contributed by atoms with Crippen molar-refractivity contribution in [2.45, 2.75) is 64.8 Å². The lowest BCUT2D eigenvalue weighted by Crippen LogP contribution is -2.41. The molecule has 1 saturated carbocycles. The van der Waals surface area contributed by atoms with Crippen molar-refractivity contribution >= 4 is 11.8 Å². The van der Waals surface area contributed by atoms with E-state index >= 15 is 0 Å². The Balaban J connectivity index is 1.83. The van der Waals surface area contributed by atoms with Gasteiger partial charge in [-0.2, -0.15) is 0 Å². The van der Waals surface area contributed by atoms with Gasteiger partial charge in [-0.25, -0.2) is 0 Å². The number of nitrogens with one attached hydrogen (secondary N) is 1. The Hall–Kier alpha value is -2.24. The Morgan fingerprint density at radius 2 is 2.00 bits per heavy atom. The van der Waals surface area contributed by atoms with Gasteiger partial charge in [-0.3, -0.25) is 9.59 Å². The van der Waals surface area contributed by atoms with E-state index in [4.69, 9.17) is 9.47 Å². The number of carbonyl (C=O) groups is 2. The van der Waals surface area contributed by atoms with Crippen LogP contribution < -0.4 is 14.8 Å². The summed E-state index contributed by atoms with van der Waals surface area (Å²) in [6.45, 7) is 4.17. The second-order valence-corrected chi connectivity index (χ2v) is 8.04. The summed E-state index contributed by atoms with van der Waals surface area (Å²) < 4.78 is 11.9. The maximum Gasteiger partial charge on any atom is 0.239 e. The standard InChI is InChI=1S/C23H34N2O4/c1-2-28-20-12-8-11-19-16-25(22(27)15-18-9-4-5-10-18)17-21(26)24-13-6-3-7-14-29-23(19)20/h8,11-12,18H,2-7,9-10,13-17H2,1H3,(H,24,26). The Kier molecular flexibility index (Phi) is 8.20. The highest BCUT2D eigenvalue weighted by Crippen LogP contribution is 2.33. The third-order valence-corrected chi connectivity index (χ3v) is 5.74. The molecule has 0 spiro atoms. The molecule has 1 aromatic rings. The third-order valence-electron chi connectivity index (χ3n) is 5.74. The van der Waals surface area contributed by atoms with Crippen molar-refractivity contribution in [2.24, 2.45) is 5.92 Å². The number of fused-ring (bicyclic) bond motifs is 1. The van der Waals surface area contributed by atoms with Crippen molar-refractivity contribution in [3.63, 3.8) is 0 Å². The van der Waals surface area contributed by atoms with Crippen LogP contribution >= 0.6 is 0 Å². The fourth-order valence-corrected chi connectivity index (χ4v) is 4.18. The van der Waals surface area contributed by atoms with Gasteiger partial charge in [0.25, 0.3) is 0 Å². The molecule has 0 unspecified atom stereocenters. The lowest BCUT2D eigenvalue weighted by atomic mass is 10.0. The molecule has 6 heteroatoms. The van der Waals surface area contributed by atoms with E-state index in [2.05, 4.69) is 5.32 Å². The summed E-state index contributed by atoms with van der Waals surface area (Å²) in [7, 11) is 0. The zero-order valence-electron chi connectivity index (χ0n) is 17.6. The van der Waals surface area contributed by atoms with Crippen LogP contribution in [0.3, 0.4) is 0 Å². The average molecular weight is 403 g/mol. The van der Waals surface area contributed by atoms with Gasteiger partial charge in [0.05, 0.1) is 19.8 Å². The van der Waals surface area contributed by atoms with Gasteiger partial charge in [0.15, 0.2) is 11.5 Å². The molecule has 160 valence electrons. The highest BCUT2D eigenvalue weighted by atomic mass is 16.5. The summed E-state index contributed by atoms with van der Waals surface area (Å²) in [6, 6.07) is 5.79. The molecule has 1 fully saturated rings. The van der Waals surface area contributed by atoms with Gasteiger partial charge in [0.1, 0.15) is 0 Å². The Bertz CT molecular complexity index is 685. The predicted molar refractivity (Wildman–Crippen MR) is 112 cm³/mol. The SMILES string of the molecule is CCOc1cccc2c1OCCCCCNC(=O)CN(C(=O)CC1CCCC1)C2. The van der Waals surface area contributed by atoms with E-state index in [9.17, 15) is 9.59 Å². The molecule has 3 rings (SSSR count). The predicted octanol–water partition coefficient (Wildman–Crippen LogP) is 3.67. The summed E-state index contributed by atoms with van der Waals surface area (Å²) in [4.78, 5) is 27.2. The number of hydrogen-bond donors (Lipinski definition) is 1. The van der Waals surface area contributed by atoms with Gasteiger partial charge in [-0.15, -0.1) is 0 Å². The van der Waals surface area contributed by atoms with Crippen LogP contribution in [-0.2, 0) is 16.1 Å². The Labute approximate surface area is 173 Å². The smallest absolute Gasteiger partial charge is 0.239 e. The van der Waals surface area contributed by atoms with Crippen molar-refractivity contribution in [3.8, 4) is 11.5 Å². The molecule has 0 aromatic heterocycles. The maximum atomic E-state index is 13.1. The quantitative estimate of drug-likeness (QED) is 0.834. The molecule has 2 aliphatic rings. The zero-order valence-corrected chi connectivity index (χ0v) is 17.6. The lowest BCUT2D eigenvalue weighted by molar-refractivity contribution is -0.137. The maximum absolute atomic E-state index is 13.1. The Morgan fingerprint density at radius 1 is 1.17 bits per heavy atom. The van der Waals surface area contributed by atoms with Gasteiger partial charge < -0.3 is 19.7 Å². The summed E-state index contributed by atoms with van der Waals surface area (Å²) in [6.07, 6.45) is 7.95. The van der Waals surface area contributed by atoms with Gasteiger partial charge in [-0.1, -0.05) is 25.0 Å². The second kappa shape index (κ2) is 11.1. The highest BCUT2D eigenvalue weighted by molar-refractivity contribution is 5.85. The molecule has 0 atom stereocenters. The molecule has 0 radical (unpaired) electrons. The van der Waals surface area contributed by atoms with E-state index in [0.29, 0.717) is 50.1 Å². The Morgan fingerprint density at radius 3 is 2.79 bits per heavy atom. The molecule has 1 aromatic carbocycles. The summed E-state index contributed by atoms with van der Waals surface area (Å²) in [5.74, 6) is 1.81. The minimum Gasteiger partial charge on any atom is -0.490 e. The van der Waals surface area contributed by atoms with Crippen LogP contribution in [0.15, 0.2) is 18.2 Å². The number of ether oxygens (including phenoxy) is 2. The van der Waals surface area contributed by atoms with E-state index in [1.165, 1.54) is 12.8 Å². The monoisotopic (exact) mass is 402 g/mol. The number of carbonyl (C=O) groups excluding carboxylic acids is 2. The first-order valence-electron chi connectivity index (χ1n) is 11.1. The van der Waals surface area contributed by atoms with E-state index in [0.717, 1.165) is 37.7 Å². The summed E-state index contributed by atoms with van der Waals surface area (Å²) in [5.41, 5.74) is 0.891. The van der Waals surface area contributed by atoms with E-state index in [-0.39, 0.29) is 18.4 Å². The van der Waals surface area contributed by atoms with Gasteiger partial charge in [0, 0.05) is 25.1 Å². The zero-order chi connectivity index (χ0) is 20.5. The van der Waals surface area contributed by atoms with Gasteiger partial charge in [-0.05, 0) is 51.0 Å². The van der Waals surface area contributed by atoms with Crippen molar-refractivity contribution in [1.29, 1.82) is 0 Å². The minimum absolute atomic E-state index is 0.0506. The molecule has 1 heterocycles. The second-order valence-electron chi connectivity index (χ2n) is 8.04. The van der Waals surface area contributed by atoms with Crippen LogP contribution in [0.2, 0.25) is 0 Å². The molecule has 2 amide bonds. The summed E-state index contributed by atoms with van der Waals surface area (Å²) in [5, 5.41) is 2.96. The topological polar surface area (TPSA) is 67.9 Å². The number of rotatable bonds is 4. The molecule has 1 aliphatic heterocycles. The van der Waals surface area contributed by atoms with Gasteiger partial charge >= 0.3 is 0 Å². The summed E-state index contributed by atoms with van der Waals surface area (Å²) >= 11 is 0. The highest BCUT2D eigenvalue weighted by Gasteiger charge is 2.25. The largest absolute Gasteiger partial charge is 0.490 e. The minimum atomic E-state index is -0.0903. The van der Waals surface area contributed by atoms with Crippen LogP contribution in [0.4, 0.5) is 0 Å². The normalized spacial score (nSPS) is 19.2. The number of nitrogens with zero attached hydrogens (tertiary/aromatic N) is 1. The molecular weight excluding hydrogens is 368 g/mol. The molecule has 29 heavy (non-hydrogen) atoms. The van der Waals surface area contributed by atoms with Crippen molar-refractivity contribution < 1.29 is 19.1 Å². The third kappa shape index (κ3) is 6.38. The van der Waals surface area contributed by atoms with Crippen LogP contribution in [0, 0.1) is 5.92 Å². The fraction of sp³-hybridized carbons (Fsp3) is 0.652. The molecule has 1 N–H and O–H groups in total. The number of benzene rings is 1. The lowest BCUT2D eigenvalue weighted by Gasteiger charge is -2.25. The molecule has 1 aliphatic carbocycles. The van der Waals surface area contributed by atoms with Crippen molar-refractivity contribution in [3.05, 3.63) is 23.8 Å². The molecule has 6 nitrogen and oxygen atoms in total. The van der Waals surface area contributed by atoms with Crippen LogP contribution in [0.25, 0.3) is 0 Å². The molecular formula is C23H34N2O4. The first-order valence-corrected chi connectivity index (χ1v) is 11.1. The first kappa shape index (κ1) is 21.5. The first-order chi connectivity index (χ1) is 14.2. The van der Waals surface area contributed by atoms with E-state index < -0.39 is 0 Å². The van der Waals surface area contributed by atoms with E-state index in [1.807, 2.05) is 25.1 Å². The van der Waals surface area contributed by atoms with Crippen molar-refractivity contribution in [1.82, 2.24) is 10.2 Å². The van der Waals surface area contributed by atoms with E-state index in [1.54, 1.807) is 4.90 Å². The average Bonchev–Trinajstić information content (AvgIpc) is 3.21. The van der Waals surface area contributed by atoms with Gasteiger partial charge in [0.2, 0.25) is 11.8 Å². The van der Waals surface area contributed by atoms with Crippen molar-refractivity contribution in [2.75, 3.05) is 26.3 Å². The van der Waals surface area contributed by atoms with Crippen LogP contribution in [-0.4, -0.2) is 43.0 Å². The van der Waals surface area contributed by atoms with Crippen LogP contribution in [0.1, 0.15) is 63.9 Å². The number of amides is 2. The molecule has 0 bridgehead atoms. The fourth-order valence-electron chi connectivity index (χ4n) is 4.18. The number of hydrogen-bond acceptors (Lipinski definition) is 4.